The van der Waals surface area contributed by atoms with Crippen molar-refractivity contribution in [3.8, 4) is 0 Å². The molecule has 0 spiro atoms. The van der Waals surface area contributed by atoms with Crippen molar-refractivity contribution < 1.29 is 4.74 Å². The third-order valence-electron chi connectivity index (χ3n) is 4.68. The van der Waals surface area contributed by atoms with Gasteiger partial charge in [-0.15, -0.1) is 0 Å². The topological polar surface area (TPSA) is 47.3 Å². The van der Waals surface area contributed by atoms with Crippen LogP contribution in [0, 0.1) is 10.8 Å². The van der Waals surface area contributed by atoms with Gasteiger partial charge < -0.3 is 15.8 Å². The first-order valence-corrected chi connectivity index (χ1v) is 7.93. The van der Waals surface area contributed by atoms with Crippen molar-refractivity contribution in [2.24, 2.45) is 16.6 Å². The Hall–Kier alpha value is -0.120. The van der Waals surface area contributed by atoms with Crippen LogP contribution in [0.25, 0.3) is 0 Å². The first-order chi connectivity index (χ1) is 9.04. The highest BCUT2D eigenvalue weighted by Gasteiger charge is 2.29. The zero-order valence-corrected chi connectivity index (χ0v) is 13.3. The Bertz CT molecular complexity index is 233. The average Bonchev–Trinajstić information content (AvgIpc) is 2.62. The summed E-state index contributed by atoms with van der Waals surface area (Å²) in [5.41, 5.74) is 6.73. The lowest BCUT2D eigenvalue weighted by atomic mass is 9.80. The van der Waals surface area contributed by atoms with Gasteiger partial charge in [0.2, 0.25) is 0 Å². The molecule has 0 saturated heterocycles. The molecule has 0 radical (unpaired) electrons. The van der Waals surface area contributed by atoms with E-state index in [4.69, 9.17) is 10.5 Å². The van der Waals surface area contributed by atoms with Crippen molar-refractivity contribution in [1.29, 1.82) is 0 Å². The summed E-state index contributed by atoms with van der Waals surface area (Å²) >= 11 is 0. The van der Waals surface area contributed by atoms with Crippen LogP contribution in [0.2, 0.25) is 0 Å². The fourth-order valence-corrected chi connectivity index (χ4v) is 3.06. The fourth-order valence-electron chi connectivity index (χ4n) is 3.06. The molecule has 1 saturated carbocycles. The maximum Gasteiger partial charge on any atom is 0.0467 e. The largest absolute Gasteiger partial charge is 0.385 e. The van der Waals surface area contributed by atoms with E-state index >= 15 is 0 Å². The van der Waals surface area contributed by atoms with Crippen LogP contribution >= 0.6 is 0 Å². The summed E-state index contributed by atoms with van der Waals surface area (Å²) in [6.07, 6.45) is 9.19. The third kappa shape index (κ3) is 6.24. The Balaban J connectivity index is 2.36. The van der Waals surface area contributed by atoms with E-state index < -0.39 is 0 Å². The zero-order chi connectivity index (χ0) is 14.2. The van der Waals surface area contributed by atoms with Crippen molar-refractivity contribution >= 4 is 0 Å². The van der Waals surface area contributed by atoms with E-state index in [2.05, 4.69) is 19.2 Å². The van der Waals surface area contributed by atoms with E-state index in [1.54, 1.807) is 7.11 Å². The summed E-state index contributed by atoms with van der Waals surface area (Å²) in [5.74, 6) is 0. The van der Waals surface area contributed by atoms with Crippen molar-refractivity contribution in [2.45, 2.75) is 58.8 Å². The number of methoxy groups -OCH3 is 1. The summed E-state index contributed by atoms with van der Waals surface area (Å²) in [4.78, 5) is 0. The number of ether oxygens (including phenoxy) is 1. The van der Waals surface area contributed by atoms with E-state index in [9.17, 15) is 0 Å². The second-order valence-electron chi connectivity index (χ2n) is 7.13. The number of rotatable bonds is 8. The second-order valence-corrected chi connectivity index (χ2v) is 7.13. The minimum Gasteiger partial charge on any atom is -0.385 e. The highest BCUT2D eigenvalue weighted by atomic mass is 16.5. The molecule has 0 atom stereocenters. The van der Waals surface area contributed by atoms with Gasteiger partial charge in [0.1, 0.15) is 0 Å². The van der Waals surface area contributed by atoms with E-state index in [0.717, 1.165) is 32.7 Å². The number of nitrogens with two attached hydrogens (primary N) is 1. The molecule has 0 aromatic rings. The standard InChI is InChI=1S/C16H34N2O/c1-15(2,10-11-19-3)13-18-14-16(12-17)8-6-4-5-7-9-16/h18H,4-14,17H2,1-3H3. The van der Waals surface area contributed by atoms with Crippen molar-refractivity contribution in [3.63, 3.8) is 0 Å². The molecule has 1 fully saturated rings. The fraction of sp³-hybridized carbons (Fsp3) is 1.00. The van der Waals surface area contributed by atoms with Crippen LogP contribution in [0.1, 0.15) is 58.8 Å². The molecule has 114 valence electrons. The smallest absolute Gasteiger partial charge is 0.0467 e. The highest BCUT2D eigenvalue weighted by molar-refractivity contribution is 4.85. The maximum atomic E-state index is 6.08. The minimum absolute atomic E-state index is 0.302. The van der Waals surface area contributed by atoms with Crippen LogP contribution in [0.3, 0.4) is 0 Å². The van der Waals surface area contributed by atoms with Crippen LogP contribution in [-0.4, -0.2) is 33.4 Å². The predicted octanol–water partition coefficient (Wildman–Crippen LogP) is 2.94. The van der Waals surface area contributed by atoms with Gasteiger partial charge in [-0.25, -0.2) is 0 Å². The first-order valence-electron chi connectivity index (χ1n) is 7.93. The summed E-state index contributed by atoms with van der Waals surface area (Å²) in [6.45, 7) is 8.43. The van der Waals surface area contributed by atoms with Crippen LogP contribution in [0.15, 0.2) is 0 Å². The van der Waals surface area contributed by atoms with Gasteiger partial charge in [0.25, 0.3) is 0 Å². The first kappa shape index (κ1) is 16.9. The van der Waals surface area contributed by atoms with Gasteiger partial charge in [-0.1, -0.05) is 39.5 Å². The van der Waals surface area contributed by atoms with E-state index in [1.165, 1.54) is 38.5 Å². The molecule has 0 aromatic carbocycles. The normalized spacial score (nSPS) is 20.2. The van der Waals surface area contributed by atoms with Crippen LogP contribution in [0.5, 0.6) is 0 Å². The SMILES string of the molecule is COCCC(C)(C)CNCC1(CN)CCCCCC1. The molecule has 1 aliphatic rings. The Morgan fingerprint density at radius 3 is 2.32 bits per heavy atom. The molecule has 0 bridgehead atoms. The summed E-state index contributed by atoms with van der Waals surface area (Å²) < 4.78 is 5.18. The Labute approximate surface area is 119 Å². The van der Waals surface area contributed by atoms with Gasteiger partial charge in [-0.05, 0) is 36.6 Å². The minimum atomic E-state index is 0.302. The lowest BCUT2D eigenvalue weighted by Crippen LogP contribution is -2.43. The van der Waals surface area contributed by atoms with E-state index in [0.29, 0.717) is 10.8 Å². The zero-order valence-electron chi connectivity index (χ0n) is 13.3. The molecule has 3 N–H and O–H groups in total. The molecule has 0 aliphatic heterocycles. The second kappa shape index (κ2) is 8.23. The molecule has 1 aliphatic carbocycles. The number of hydrogen-bond acceptors (Lipinski definition) is 3. The average molecular weight is 270 g/mol. The monoisotopic (exact) mass is 270 g/mol. The van der Waals surface area contributed by atoms with Gasteiger partial charge in [-0.2, -0.15) is 0 Å². The maximum absolute atomic E-state index is 6.08. The lowest BCUT2D eigenvalue weighted by molar-refractivity contribution is 0.146. The number of nitrogens with one attached hydrogen (secondary N) is 1. The molecule has 19 heavy (non-hydrogen) atoms. The van der Waals surface area contributed by atoms with Gasteiger partial charge in [0.05, 0.1) is 0 Å². The van der Waals surface area contributed by atoms with Gasteiger partial charge in [0.15, 0.2) is 0 Å². The molecule has 0 unspecified atom stereocenters. The van der Waals surface area contributed by atoms with E-state index in [1.807, 2.05) is 0 Å². The molecule has 3 heteroatoms. The van der Waals surface area contributed by atoms with Gasteiger partial charge in [-0.3, -0.25) is 0 Å². The lowest BCUT2D eigenvalue weighted by Gasteiger charge is -2.34. The van der Waals surface area contributed by atoms with Crippen LogP contribution in [0.4, 0.5) is 0 Å². The Morgan fingerprint density at radius 2 is 1.79 bits per heavy atom. The van der Waals surface area contributed by atoms with E-state index in [-0.39, 0.29) is 0 Å². The van der Waals surface area contributed by atoms with Crippen LogP contribution in [-0.2, 0) is 4.74 Å². The van der Waals surface area contributed by atoms with Crippen molar-refractivity contribution in [3.05, 3.63) is 0 Å². The van der Waals surface area contributed by atoms with Crippen LogP contribution < -0.4 is 11.1 Å². The summed E-state index contributed by atoms with van der Waals surface area (Å²) in [7, 11) is 1.78. The molecular formula is C16H34N2O. The Morgan fingerprint density at radius 1 is 1.16 bits per heavy atom. The Kier molecular flexibility index (Phi) is 7.33. The predicted molar refractivity (Wildman–Crippen MR) is 82.3 cm³/mol. The van der Waals surface area contributed by atoms with Crippen molar-refractivity contribution in [2.75, 3.05) is 33.4 Å². The molecule has 0 heterocycles. The summed E-state index contributed by atoms with van der Waals surface area (Å²) in [5, 5.41) is 3.69. The molecular weight excluding hydrogens is 236 g/mol. The quantitative estimate of drug-likeness (QED) is 0.667. The highest BCUT2D eigenvalue weighted by Crippen LogP contribution is 2.33. The molecule has 1 rings (SSSR count). The third-order valence-corrected chi connectivity index (χ3v) is 4.68. The molecule has 3 nitrogen and oxygen atoms in total. The molecule has 0 aromatic heterocycles. The summed E-state index contributed by atoms with van der Waals surface area (Å²) in [6, 6.07) is 0. The van der Waals surface area contributed by atoms with Crippen molar-refractivity contribution in [1.82, 2.24) is 5.32 Å². The number of hydrogen-bond donors (Lipinski definition) is 2. The molecule has 0 amide bonds. The van der Waals surface area contributed by atoms with Gasteiger partial charge >= 0.3 is 0 Å². The van der Waals surface area contributed by atoms with Gasteiger partial charge in [0, 0.05) is 26.8 Å².